The number of halogens is 1. The van der Waals surface area contributed by atoms with Crippen LogP contribution >= 0.6 is 12.4 Å². The average molecular weight is 408 g/mol. The lowest BCUT2D eigenvalue weighted by Crippen LogP contribution is -2.45. The van der Waals surface area contributed by atoms with Gasteiger partial charge in [0.15, 0.2) is 0 Å². The van der Waals surface area contributed by atoms with E-state index in [1.807, 2.05) is 0 Å². The van der Waals surface area contributed by atoms with Crippen molar-refractivity contribution in [2.45, 2.75) is 37.6 Å². The van der Waals surface area contributed by atoms with Gasteiger partial charge >= 0.3 is 5.97 Å². The number of carbonyl (C=O) groups excluding carboxylic acids is 1. The molecular formula is C15H22ClN3O6S. The van der Waals surface area contributed by atoms with Gasteiger partial charge < -0.3 is 10.5 Å². The van der Waals surface area contributed by atoms with E-state index < -0.39 is 26.6 Å². The fourth-order valence-electron chi connectivity index (χ4n) is 2.77. The van der Waals surface area contributed by atoms with Crippen LogP contribution < -0.4 is 5.73 Å². The zero-order valence-electron chi connectivity index (χ0n) is 14.5. The summed E-state index contributed by atoms with van der Waals surface area (Å²) in [4.78, 5) is 22.3. The first-order chi connectivity index (χ1) is 11.7. The number of piperidine rings is 1. The molecule has 0 aliphatic carbocycles. The summed E-state index contributed by atoms with van der Waals surface area (Å²) in [6.07, 6.45) is 1.33. The lowest BCUT2D eigenvalue weighted by atomic mass is 10.1. The summed E-state index contributed by atoms with van der Waals surface area (Å²) in [6.45, 7) is 3.48. The monoisotopic (exact) mass is 407 g/mol. The van der Waals surface area contributed by atoms with E-state index in [-0.39, 0.29) is 54.2 Å². The Morgan fingerprint density at radius 3 is 2.65 bits per heavy atom. The zero-order valence-corrected chi connectivity index (χ0v) is 16.1. The number of rotatable bonds is 5. The minimum atomic E-state index is -4.00. The maximum atomic E-state index is 12.8. The lowest BCUT2D eigenvalue weighted by molar-refractivity contribution is -0.385. The summed E-state index contributed by atoms with van der Waals surface area (Å²) < 4.78 is 31.8. The van der Waals surface area contributed by atoms with Gasteiger partial charge in [0, 0.05) is 30.8 Å². The van der Waals surface area contributed by atoms with Gasteiger partial charge in [0.2, 0.25) is 10.0 Å². The summed E-state index contributed by atoms with van der Waals surface area (Å²) in [5.41, 5.74) is 5.33. The van der Waals surface area contributed by atoms with E-state index >= 15 is 0 Å². The number of carbonyl (C=O) groups is 1. The lowest BCUT2D eigenvalue weighted by Gasteiger charge is -2.30. The number of sulfonamides is 1. The molecule has 146 valence electrons. The predicted molar refractivity (Wildman–Crippen MR) is 97.0 cm³/mol. The molecule has 1 aliphatic heterocycles. The van der Waals surface area contributed by atoms with E-state index in [0.29, 0.717) is 12.8 Å². The number of benzene rings is 1. The zero-order chi connectivity index (χ0) is 18.8. The van der Waals surface area contributed by atoms with Gasteiger partial charge in [0.05, 0.1) is 22.0 Å². The smallest absolute Gasteiger partial charge is 0.338 e. The van der Waals surface area contributed by atoms with Crippen LogP contribution in [0.25, 0.3) is 0 Å². The van der Waals surface area contributed by atoms with Crippen molar-refractivity contribution in [3.63, 3.8) is 0 Å². The Kier molecular flexibility index (Phi) is 7.51. The number of nitrogens with two attached hydrogens (primary N) is 1. The van der Waals surface area contributed by atoms with Crippen LogP contribution in [-0.2, 0) is 14.8 Å². The number of nitro groups is 1. The average Bonchev–Trinajstić information content (AvgIpc) is 2.54. The molecule has 26 heavy (non-hydrogen) atoms. The molecule has 1 saturated heterocycles. The number of esters is 1. The summed E-state index contributed by atoms with van der Waals surface area (Å²) in [7, 11) is -4.00. The van der Waals surface area contributed by atoms with Crippen molar-refractivity contribution in [2.75, 3.05) is 19.7 Å². The van der Waals surface area contributed by atoms with Gasteiger partial charge in [-0.3, -0.25) is 10.1 Å². The summed E-state index contributed by atoms with van der Waals surface area (Å²) >= 11 is 0. The van der Waals surface area contributed by atoms with Crippen LogP contribution in [-0.4, -0.2) is 49.4 Å². The SMILES string of the molecule is CCOC(=O)c1cc(S(=O)(=O)N2CCCC(N)C2)cc([N+](=O)[O-])c1C.Cl. The molecule has 9 nitrogen and oxygen atoms in total. The molecule has 1 heterocycles. The molecule has 1 fully saturated rings. The summed E-state index contributed by atoms with van der Waals surface area (Å²) in [5.74, 6) is -0.796. The molecule has 0 spiro atoms. The van der Waals surface area contributed by atoms with Crippen LogP contribution in [0.2, 0.25) is 0 Å². The van der Waals surface area contributed by atoms with Crippen molar-refractivity contribution in [1.82, 2.24) is 4.31 Å². The molecule has 2 N–H and O–H groups in total. The van der Waals surface area contributed by atoms with Crippen molar-refractivity contribution in [3.8, 4) is 0 Å². The first-order valence-electron chi connectivity index (χ1n) is 7.90. The van der Waals surface area contributed by atoms with Crippen molar-refractivity contribution >= 4 is 34.1 Å². The summed E-state index contributed by atoms with van der Waals surface area (Å²) in [6, 6.07) is 1.83. The van der Waals surface area contributed by atoms with Crippen LogP contribution in [0, 0.1) is 17.0 Å². The maximum absolute atomic E-state index is 12.8. The van der Waals surface area contributed by atoms with Gasteiger partial charge in [-0.1, -0.05) is 0 Å². The van der Waals surface area contributed by atoms with Crippen molar-refractivity contribution in [3.05, 3.63) is 33.4 Å². The topological polar surface area (TPSA) is 133 Å². The van der Waals surface area contributed by atoms with Crippen molar-refractivity contribution < 1.29 is 22.9 Å². The Morgan fingerprint density at radius 2 is 2.12 bits per heavy atom. The second kappa shape index (κ2) is 8.76. The quantitative estimate of drug-likeness (QED) is 0.445. The first-order valence-corrected chi connectivity index (χ1v) is 9.34. The van der Waals surface area contributed by atoms with E-state index in [1.165, 1.54) is 11.2 Å². The van der Waals surface area contributed by atoms with E-state index in [2.05, 4.69) is 0 Å². The van der Waals surface area contributed by atoms with E-state index in [1.54, 1.807) is 6.92 Å². The molecule has 1 aliphatic rings. The fraction of sp³-hybridized carbons (Fsp3) is 0.533. The molecule has 2 rings (SSSR count). The number of nitrogens with zero attached hydrogens (tertiary/aromatic N) is 2. The van der Waals surface area contributed by atoms with Crippen molar-refractivity contribution in [1.29, 1.82) is 0 Å². The Morgan fingerprint density at radius 1 is 1.46 bits per heavy atom. The molecule has 0 bridgehead atoms. The van der Waals surface area contributed by atoms with Gasteiger partial charge in [-0.05, 0) is 32.8 Å². The number of hydrogen-bond donors (Lipinski definition) is 1. The molecule has 1 aromatic rings. The third-order valence-corrected chi connectivity index (χ3v) is 5.95. The van der Waals surface area contributed by atoms with E-state index in [9.17, 15) is 23.3 Å². The normalized spacial score (nSPS) is 18.0. The Bertz CT molecular complexity index is 799. The van der Waals surface area contributed by atoms with Gasteiger partial charge in [-0.25, -0.2) is 13.2 Å². The number of hydrogen-bond acceptors (Lipinski definition) is 7. The minimum absolute atomic E-state index is 0. The highest BCUT2D eigenvalue weighted by Crippen LogP contribution is 2.29. The predicted octanol–water partition coefficient (Wildman–Crippen LogP) is 1.61. The number of ether oxygens (including phenoxy) is 1. The third kappa shape index (κ3) is 4.50. The molecule has 11 heteroatoms. The molecule has 1 unspecified atom stereocenters. The molecule has 1 aromatic carbocycles. The van der Waals surface area contributed by atoms with Gasteiger partial charge in [-0.2, -0.15) is 4.31 Å². The Balaban J connectivity index is 0.00000338. The molecule has 0 radical (unpaired) electrons. The molecule has 0 aromatic heterocycles. The van der Waals surface area contributed by atoms with Gasteiger partial charge in [0.1, 0.15) is 0 Å². The highest BCUT2D eigenvalue weighted by atomic mass is 35.5. The van der Waals surface area contributed by atoms with Crippen LogP contribution in [0.1, 0.15) is 35.7 Å². The highest BCUT2D eigenvalue weighted by Gasteiger charge is 2.32. The van der Waals surface area contributed by atoms with Crippen LogP contribution in [0.4, 0.5) is 5.69 Å². The van der Waals surface area contributed by atoms with Gasteiger partial charge in [-0.15, -0.1) is 12.4 Å². The summed E-state index contributed by atoms with van der Waals surface area (Å²) in [5, 5.41) is 11.3. The standard InChI is InChI=1S/C15H21N3O6S.ClH/c1-3-24-15(19)13-7-12(8-14(10(13)2)18(20)21)25(22,23)17-6-4-5-11(16)9-17;/h7-8,11H,3-6,9,16H2,1-2H3;1H. The van der Waals surface area contributed by atoms with E-state index in [0.717, 1.165) is 12.1 Å². The third-order valence-electron chi connectivity index (χ3n) is 4.10. The molecular weight excluding hydrogens is 386 g/mol. The maximum Gasteiger partial charge on any atom is 0.338 e. The second-order valence-corrected chi connectivity index (χ2v) is 7.80. The minimum Gasteiger partial charge on any atom is -0.462 e. The Labute approximate surface area is 158 Å². The van der Waals surface area contributed by atoms with Crippen LogP contribution in [0.15, 0.2) is 17.0 Å². The fourth-order valence-corrected chi connectivity index (χ4v) is 4.36. The highest BCUT2D eigenvalue weighted by molar-refractivity contribution is 7.89. The Hall–Kier alpha value is -1.75. The second-order valence-electron chi connectivity index (χ2n) is 5.86. The van der Waals surface area contributed by atoms with Crippen LogP contribution in [0.3, 0.4) is 0 Å². The van der Waals surface area contributed by atoms with Crippen molar-refractivity contribution in [2.24, 2.45) is 5.73 Å². The largest absolute Gasteiger partial charge is 0.462 e. The molecule has 0 saturated carbocycles. The molecule has 0 amide bonds. The molecule has 1 atom stereocenters. The van der Waals surface area contributed by atoms with E-state index in [4.69, 9.17) is 10.5 Å². The first kappa shape index (κ1) is 22.3. The van der Waals surface area contributed by atoms with Crippen LogP contribution in [0.5, 0.6) is 0 Å². The number of nitro benzene ring substituents is 1. The van der Waals surface area contributed by atoms with Gasteiger partial charge in [0.25, 0.3) is 5.69 Å².